The zero-order valence-corrected chi connectivity index (χ0v) is 16.7. The summed E-state index contributed by atoms with van der Waals surface area (Å²) in [5.41, 5.74) is 9.23. The second-order valence-electron chi connectivity index (χ2n) is 7.56. The zero-order valence-electron chi connectivity index (χ0n) is 16.7. The Morgan fingerprint density at radius 3 is 2.71 bits per heavy atom. The van der Waals surface area contributed by atoms with E-state index in [9.17, 15) is 4.79 Å². The molecule has 2 aliphatic heterocycles. The van der Waals surface area contributed by atoms with Crippen LogP contribution >= 0.6 is 0 Å². The minimum absolute atomic E-state index is 0.144. The summed E-state index contributed by atoms with van der Waals surface area (Å²) in [6.45, 7) is 9.63. The van der Waals surface area contributed by atoms with E-state index in [-0.39, 0.29) is 5.91 Å². The summed E-state index contributed by atoms with van der Waals surface area (Å²) in [6.07, 6.45) is 9.68. The fourth-order valence-electron chi connectivity index (χ4n) is 3.94. The lowest BCUT2D eigenvalue weighted by Gasteiger charge is -2.19. The number of nitrogens with one attached hydrogen (secondary N) is 3. The number of H-pyrrole nitrogens is 1. The molecule has 1 saturated carbocycles. The molecule has 7 nitrogen and oxygen atoms in total. The molecule has 0 aromatic carbocycles. The molecule has 3 heterocycles. The van der Waals surface area contributed by atoms with Crippen molar-refractivity contribution < 1.29 is 4.79 Å². The largest absolute Gasteiger partial charge is 0.359 e. The first-order valence-corrected chi connectivity index (χ1v) is 10.1. The number of aromatic amines is 1. The Balaban J connectivity index is 1.71. The molecule has 1 aliphatic carbocycles. The molecule has 1 aromatic rings. The van der Waals surface area contributed by atoms with Crippen LogP contribution in [0.15, 0.2) is 28.2 Å². The van der Waals surface area contributed by atoms with Gasteiger partial charge in [0.05, 0.1) is 11.4 Å². The van der Waals surface area contributed by atoms with Gasteiger partial charge >= 0.3 is 0 Å². The number of aliphatic imine (C=N–C) groups is 1. The third-order valence-electron chi connectivity index (χ3n) is 5.72. The van der Waals surface area contributed by atoms with Crippen molar-refractivity contribution in [2.45, 2.75) is 46.1 Å². The van der Waals surface area contributed by atoms with Crippen LogP contribution in [-0.4, -0.2) is 40.8 Å². The normalized spacial score (nSPS) is 22.7. The molecule has 0 saturated heterocycles. The van der Waals surface area contributed by atoms with Gasteiger partial charge in [-0.2, -0.15) is 5.10 Å². The van der Waals surface area contributed by atoms with Crippen molar-refractivity contribution in [1.82, 2.24) is 20.6 Å². The minimum Gasteiger partial charge on any atom is -0.359 e. The van der Waals surface area contributed by atoms with Crippen molar-refractivity contribution in [2.24, 2.45) is 16.0 Å². The molecule has 1 unspecified atom stereocenters. The van der Waals surface area contributed by atoms with E-state index in [0.717, 1.165) is 31.0 Å². The number of amides is 1. The standard InChI is InChI=1S/C21H28N6O/c1-4-27(5-2)12-16-13(3)25-17(19(16)14-6-7-14)10-18-20(23-9-8-22-18)15-11-24-26-21(15)28/h8-11,14-15,22,25H,4-7,12H2,1-3H3,(H,26,28). The highest BCUT2D eigenvalue weighted by molar-refractivity contribution is 6.24. The van der Waals surface area contributed by atoms with E-state index in [4.69, 9.17) is 0 Å². The van der Waals surface area contributed by atoms with Crippen LogP contribution in [0.2, 0.25) is 0 Å². The van der Waals surface area contributed by atoms with E-state index >= 15 is 0 Å². The third-order valence-corrected chi connectivity index (χ3v) is 5.72. The molecule has 28 heavy (non-hydrogen) atoms. The van der Waals surface area contributed by atoms with Gasteiger partial charge in [-0.25, -0.2) is 5.43 Å². The summed E-state index contributed by atoms with van der Waals surface area (Å²) in [5, 5.41) is 7.16. The maximum absolute atomic E-state index is 12.1. The van der Waals surface area contributed by atoms with Crippen molar-refractivity contribution in [2.75, 3.05) is 13.1 Å². The molecule has 1 fully saturated rings. The summed E-state index contributed by atoms with van der Waals surface area (Å²) in [4.78, 5) is 22.6. The first-order chi connectivity index (χ1) is 13.6. The molecule has 4 rings (SSSR count). The number of hydrazone groups is 1. The number of aryl methyl sites for hydroxylation is 1. The number of nitrogens with zero attached hydrogens (tertiary/aromatic N) is 3. The molecule has 1 atom stereocenters. The van der Waals surface area contributed by atoms with E-state index < -0.39 is 5.92 Å². The average molecular weight is 380 g/mol. The summed E-state index contributed by atoms with van der Waals surface area (Å²) < 4.78 is 0. The van der Waals surface area contributed by atoms with Gasteiger partial charge in [-0.05, 0) is 56.0 Å². The van der Waals surface area contributed by atoms with Gasteiger partial charge < -0.3 is 10.3 Å². The first kappa shape index (κ1) is 18.7. The van der Waals surface area contributed by atoms with Crippen LogP contribution in [-0.2, 0) is 11.3 Å². The number of aromatic nitrogens is 1. The quantitative estimate of drug-likeness (QED) is 0.680. The van der Waals surface area contributed by atoms with Crippen LogP contribution in [0.1, 0.15) is 55.1 Å². The van der Waals surface area contributed by atoms with Crippen molar-refractivity contribution in [3.05, 3.63) is 40.6 Å². The highest BCUT2D eigenvalue weighted by Crippen LogP contribution is 2.45. The van der Waals surface area contributed by atoms with Crippen molar-refractivity contribution >= 4 is 23.9 Å². The van der Waals surface area contributed by atoms with Crippen LogP contribution in [0, 0.1) is 12.8 Å². The maximum Gasteiger partial charge on any atom is 0.254 e. The minimum atomic E-state index is -0.459. The summed E-state index contributed by atoms with van der Waals surface area (Å²) in [7, 11) is 0. The Hall–Kier alpha value is -2.67. The van der Waals surface area contributed by atoms with Crippen molar-refractivity contribution in [3.8, 4) is 0 Å². The molecular weight excluding hydrogens is 352 g/mol. The summed E-state index contributed by atoms with van der Waals surface area (Å²) >= 11 is 0. The van der Waals surface area contributed by atoms with Gasteiger partial charge in [0.25, 0.3) is 5.91 Å². The van der Waals surface area contributed by atoms with E-state index in [2.05, 4.69) is 57.6 Å². The second kappa shape index (κ2) is 7.75. The molecule has 0 spiro atoms. The van der Waals surface area contributed by atoms with Gasteiger partial charge in [-0.3, -0.25) is 14.7 Å². The molecule has 1 aromatic heterocycles. The Kier molecular flexibility index (Phi) is 5.17. The number of allylic oxidation sites excluding steroid dienone is 1. The highest BCUT2D eigenvalue weighted by Gasteiger charge is 2.33. The third kappa shape index (κ3) is 3.54. The smallest absolute Gasteiger partial charge is 0.254 e. The Morgan fingerprint density at radius 2 is 2.07 bits per heavy atom. The molecule has 1 amide bonds. The number of hydrogen-bond acceptors (Lipinski definition) is 5. The zero-order chi connectivity index (χ0) is 19.7. The lowest BCUT2D eigenvalue weighted by molar-refractivity contribution is -0.120. The number of carbonyl (C=O) groups is 1. The first-order valence-electron chi connectivity index (χ1n) is 10.1. The average Bonchev–Trinajstić information content (AvgIpc) is 3.37. The van der Waals surface area contributed by atoms with E-state index in [1.54, 1.807) is 18.6 Å². The SMILES string of the molecule is CCN(CC)Cc1c(C)[nH]c(C=C2NC=CN=C2C2C=NNC2=O)c1C1CC1. The monoisotopic (exact) mass is 380 g/mol. The van der Waals surface area contributed by atoms with Crippen molar-refractivity contribution in [1.29, 1.82) is 0 Å². The van der Waals surface area contributed by atoms with Gasteiger partial charge in [0.1, 0.15) is 5.92 Å². The van der Waals surface area contributed by atoms with Crippen LogP contribution < -0.4 is 10.7 Å². The number of rotatable bonds is 7. The number of hydrogen-bond donors (Lipinski definition) is 3. The van der Waals surface area contributed by atoms with Gasteiger partial charge in [-0.1, -0.05) is 13.8 Å². The van der Waals surface area contributed by atoms with E-state index in [1.165, 1.54) is 29.7 Å². The predicted molar refractivity (Wildman–Crippen MR) is 112 cm³/mol. The topological polar surface area (TPSA) is 84.9 Å². The van der Waals surface area contributed by atoms with Crippen LogP contribution in [0.3, 0.4) is 0 Å². The van der Waals surface area contributed by atoms with E-state index in [0.29, 0.717) is 11.6 Å². The van der Waals surface area contributed by atoms with Gasteiger partial charge in [0.2, 0.25) is 0 Å². The predicted octanol–water partition coefficient (Wildman–Crippen LogP) is 2.63. The molecule has 0 bridgehead atoms. The molecule has 148 valence electrons. The van der Waals surface area contributed by atoms with Gasteiger partial charge in [-0.15, -0.1) is 0 Å². The van der Waals surface area contributed by atoms with Crippen LogP contribution in [0.5, 0.6) is 0 Å². The van der Waals surface area contributed by atoms with Gasteiger partial charge in [0.15, 0.2) is 0 Å². The summed E-state index contributed by atoms with van der Waals surface area (Å²) in [6, 6.07) is 0. The number of carbonyl (C=O) groups excluding carboxylic acids is 1. The Bertz CT molecular complexity index is 883. The molecule has 3 aliphatic rings. The maximum atomic E-state index is 12.1. The van der Waals surface area contributed by atoms with Crippen LogP contribution in [0.4, 0.5) is 0 Å². The lowest BCUT2D eigenvalue weighted by Crippen LogP contribution is -2.32. The highest BCUT2D eigenvalue weighted by atomic mass is 16.2. The Morgan fingerprint density at radius 1 is 1.29 bits per heavy atom. The van der Waals surface area contributed by atoms with E-state index in [1.807, 2.05) is 0 Å². The second-order valence-corrected chi connectivity index (χ2v) is 7.56. The fraction of sp³-hybridized carbons (Fsp3) is 0.476. The molecule has 0 radical (unpaired) electrons. The fourth-order valence-corrected chi connectivity index (χ4v) is 3.94. The molecular formula is C21H28N6O. The van der Waals surface area contributed by atoms with Crippen molar-refractivity contribution in [3.63, 3.8) is 0 Å². The Labute approximate surface area is 165 Å². The summed E-state index contributed by atoms with van der Waals surface area (Å²) in [5.74, 6) is 0.0200. The van der Waals surface area contributed by atoms with Crippen LogP contribution in [0.25, 0.3) is 6.08 Å². The lowest BCUT2D eigenvalue weighted by atomic mass is 9.98. The van der Waals surface area contributed by atoms with Gasteiger partial charge in [0, 0.05) is 36.5 Å². The molecule has 3 N–H and O–H groups in total. The molecule has 7 heteroatoms.